The SMILES string of the molecule is CCN(CC)CCCC(C)Nc1c2ccccc2nc2ccc(OC)cc12.Cl. The molecule has 0 saturated carbocycles. The van der Waals surface area contributed by atoms with Crippen LogP contribution in [0.2, 0.25) is 0 Å². The van der Waals surface area contributed by atoms with Crippen LogP contribution in [0.5, 0.6) is 5.75 Å². The maximum absolute atomic E-state index is 5.45. The van der Waals surface area contributed by atoms with E-state index in [1.807, 2.05) is 18.2 Å². The van der Waals surface area contributed by atoms with Crippen LogP contribution in [0, 0.1) is 0 Å². The van der Waals surface area contributed by atoms with E-state index in [0.717, 1.165) is 59.3 Å². The van der Waals surface area contributed by atoms with Crippen LogP contribution in [0.15, 0.2) is 42.5 Å². The van der Waals surface area contributed by atoms with Gasteiger partial charge in [-0.3, -0.25) is 0 Å². The Kier molecular flexibility index (Phi) is 8.34. The van der Waals surface area contributed by atoms with Gasteiger partial charge in [-0.2, -0.15) is 0 Å². The molecule has 3 aromatic rings. The van der Waals surface area contributed by atoms with E-state index in [1.54, 1.807) is 7.11 Å². The summed E-state index contributed by atoms with van der Waals surface area (Å²) in [5.74, 6) is 0.858. The quantitative estimate of drug-likeness (QED) is 0.464. The van der Waals surface area contributed by atoms with Gasteiger partial charge in [0.25, 0.3) is 0 Å². The van der Waals surface area contributed by atoms with Gasteiger partial charge in [0.1, 0.15) is 5.75 Å². The molecule has 0 amide bonds. The summed E-state index contributed by atoms with van der Waals surface area (Å²) in [6.07, 6.45) is 2.33. The molecule has 0 radical (unpaired) electrons. The van der Waals surface area contributed by atoms with Crippen LogP contribution in [-0.2, 0) is 0 Å². The monoisotopic (exact) mass is 401 g/mol. The Balaban J connectivity index is 0.00000280. The molecule has 0 fully saturated rings. The number of ether oxygens (including phenoxy) is 1. The minimum absolute atomic E-state index is 0. The van der Waals surface area contributed by atoms with E-state index in [-0.39, 0.29) is 12.4 Å². The van der Waals surface area contributed by atoms with Crippen molar-refractivity contribution in [2.75, 3.05) is 32.1 Å². The van der Waals surface area contributed by atoms with Crippen LogP contribution in [0.25, 0.3) is 21.8 Å². The van der Waals surface area contributed by atoms with Gasteiger partial charge in [0, 0.05) is 16.8 Å². The normalized spacial score (nSPS) is 12.2. The summed E-state index contributed by atoms with van der Waals surface area (Å²) < 4.78 is 5.45. The van der Waals surface area contributed by atoms with Crippen LogP contribution in [0.1, 0.15) is 33.6 Å². The molecule has 1 atom stereocenters. The Morgan fingerprint density at radius 1 is 1.04 bits per heavy atom. The number of para-hydroxylation sites is 1. The van der Waals surface area contributed by atoms with Crippen LogP contribution >= 0.6 is 12.4 Å². The zero-order chi connectivity index (χ0) is 19.2. The topological polar surface area (TPSA) is 37.4 Å². The van der Waals surface area contributed by atoms with Crippen LogP contribution in [0.3, 0.4) is 0 Å². The Morgan fingerprint density at radius 3 is 2.46 bits per heavy atom. The van der Waals surface area contributed by atoms with Crippen molar-refractivity contribution < 1.29 is 4.74 Å². The summed E-state index contributed by atoms with van der Waals surface area (Å²) in [6, 6.07) is 14.8. The van der Waals surface area contributed by atoms with Gasteiger partial charge in [-0.15, -0.1) is 12.4 Å². The number of hydrogen-bond acceptors (Lipinski definition) is 4. The van der Waals surface area contributed by atoms with E-state index in [1.165, 1.54) is 6.42 Å². The van der Waals surface area contributed by atoms with Gasteiger partial charge in [0.05, 0.1) is 23.8 Å². The van der Waals surface area contributed by atoms with E-state index in [9.17, 15) is 0 Å². The molecule has 0 aliphatic rings. The minimum Gasteiger partial charge on any atom is -0.497 e. The fourth-order valence-corrected chi connectivity index (χ4v) is 3.63. The zero-order valence-corrected chi connectivity index (χ0v) is 18.2. The zero-order valence-electron chi connectivity index (χ0n) is 17.4. The average molecular weight is 402 g/mol. The summed E-state index contributed by atoms with van der Waals surface area (Å²) in [5.41, 5.74) is 3.17. The second-order valence-electron chi connectivity index (χ2n) is 7.10. The molecule has 28 heavy (non-hydrogen) atoms. The van der Waals surface area contributed by atoms with Crippen molar-refractivity contribution in [2.45, 2.75) is 39.7 Å². The highest BCUT2D eigenvalue weighted by Crippen LogP contribution is 2.33. The molecule has 5 heteroatoms. The third kappa shape index (κ3) is 5.06. The van der Waals surface area contributed by atoms with Gasteiger partial charge < -0.3 is 15.0 Å². The van der Waals surface area contributed by atoms with Crippen LogP contribution in [-0.4, -0.2) is 42.7 Å². The summed E-state index contributed by atoms with van der Waals surface area (Å²) in [7, 11) is 1.71. The van der Waals surface area contributed by atoms with Gasteiger partial charge in [0.15, 0.2) is 0 Å². The number of aromatic nitrogens is 1. The Hall–Kier alpha value is -2.04. The number of halogens is 1. The Morgan fingerprint density at radius 2 is 1.75 bits per heavy atom. The molecule has 0 aliphatic carbocycles. The van der Waals surface area contributed by atoms with Crippen molar-refractivity contribution in [2.24, 2.45) is 0 Å². The number of methoxy groups -OCH3 is 1. The molecule has 0 bridgehead atoms. The third-order valence-electron chi connectivity index (χ3n) is 5.28. The van der Waals surface area contributed by atoms with E-state index in [4.69, 9.17) is 9.72 Å². The molecule has 1 aromatic heterocycles. The van der Waals surface area contributed by atoms with Crippen molar-refractivity contribution >= 4 is 39.9 Å². The number of fused-ring (bicyclic) bond motifs is 2. The summed E-state index contributed by atoms with van der Waals surface area (Å²) >= 11 is 0. The number of rotatable bonds is 9. The first kappa shape index (κ1) is 22.3. The van der Waals surface area contributed by atoms with Gasteiger partial charge >= 0.3 is 0 Å². The fourth-order valence-electron chi connectivity index (χ4n) is 3.63. The highest BCUT2D eigenvalue weighted by molar-refractivity contribution is 6.07. The highest BCUT2D eigenvalue weighted by Gasteiger charge is 2.12. The summed E-state index contributed by atoms with van der Waals surface area (Å²) in [5, 5.41) is 6.05. The molecule has 0 aliphatic heterocycles. The molecule has 0 saturated heterocycles. The molecular weight excluding hydrogens is 370 g/mol. The molecule has 3 rings (SSSR count). The molecule has 152 valence electrons. The minimum atomic E-state index is 0. The van der Waals surface area contributed by atoms with E-state index >= 15 is 0 Å². The lowest BCUT2D eigenvalue weighted by Crippen LogP contribution is -2.25. The molecule has 1 heterocycles. The number of benzene rings is 2. The lowest BCUT2D eigenvalue weighted by atomic mass is 10.1. The first-order valence-corrected chi connectivity index (χ1v) is 10.0. The van der Waals surface area contributed by atoms with Crippen molar-refractivity contribution in [3.63, 3.8) is 0 Å². The van der Waals surface area contributed by atoms with Gasteiger partial charge in [-0.1, -0.05) is 32.0 Å². The number of pyridine rings is 1. The Bertz CT molecular complexity index is 896. The number of hydrogen-bond donors (Lipinski definition) is 1. The number of nitrogens with one attached hydrogen (secondary N) is 1. The maximum atomic E-state index is 5.45. The van der Waals surface area contributed by atoms with E-state index in [2.05, 4.69) is 55.3 Å². The molecule has 4 nitrogen and oxygen atoms in total. The van der Waals surface area contributed by atoms with Crippen LogP contribution in [0.4, 0.5) is 5.69 Å². The molecular formula is C23H32ClN3O. The van der Waals surface area contributed by atoms with Crippen molar-refractivity contribution in [1.82, 2.24) is 9.88 Å². The third-order valence-corrected chi connectivity index (χ3v) is 5.28. The summed E-state index contributed by atoms with van der Waals surface area (Å²) in [4.78, 5) is 7.31. The second kappa shape index (κ2) is 10.5. The molecule has 2 aromatic carbocycles. The number of anilines is 1. The van der Waals surface area contributed by atoms with E-state index in [0.29, 0.717) is 6.04 Å². The fraction of sp³-hybridized carbons (Fsp3) is 0.435. The predicted molar refractivity (Wildman–Crippen MR) is 123 cm³/mol. The maximum Gasteiger partial charge on any atom is 0.119 e. The standard InChI is InChI=1S/C23H31N3O.ClH/c1-5-26(6-2)15-9-10-17(3)24-23-19-11-7-8-12-21(19)25-22-14-13-18(27-4)16-20(22)23;/h7-8,11-14,16-17H,5-6,9-10,15H2,1-4H3,(H,24,25);1H. The predicted octanol–water partition coefficient (Wildman–Crippen LogP) is 5.74. The smallest absolute Gasteiger partial charge is 0.119 e. The molecule has 0 spiro atoms. The second-order valence-corrected chi connectivity index (χ2v) is 7.10. The van der Waals surface area contributed by atoms with Crippen molar-refractivity contribution in [1.29, 1.82) is 0 Å². The van der Waals surface area contributed by atoms with Gasteiger partial charge in [0.2, 0.25) is 0 Å². The van der Waals surface area contributed by atoms with E-state index < -0.39 is 0 Å². The molecule has 1 N–H and O–H groups in total. The molecule has 1 unspecified atom stereocenters. The van der Waals surface area contributed by atoms with Crippen molar-refractivity contribution in [3.05, 3.63) is 42.5 Å². The number of nitrogens with zero attached hydrogens (tertiary/aromatic N) is 2. The highest BCUT2D eigenvalue weighted by atomic mass is 35.5. The first-order valence-electron chi connectivity index (χ1n) is 10.0. The lowest BCUT2D eigenvalue weighted by Gasteiger charge is -2.21. The van der Waals surface area contributed by atoms with Crippen molar-refractivity contribution in [3.8, 4) is 5.75 Å². The average Bonchev–Trinajstić information content (AvgIpc) is 2.70. The lowest BCUT2D eigenvalue weighted by molar-refractivity contribution is 0.295. The van der Waals surface area contributed by atoms with Gasteiger partial charge in [-0.05, 0) is 63.7 Å². The summed E-state index contributed by atoms with van der Waals surface area (Å²) in [6.45, 7) is 10.1. The van der Waals surface area contributed by atoms with Crippen LogP contribution < -0.4 is 10.1 Å². The largest absolute Gasteiger partial charge is 0.497 e. The Labute approximate surface area is 174 Å². The van der Waals surface area contributed by atoms with Gasteiger partial charge in [-0.25, -0.2) is 4.98 Å². The first-order chi connectivity index (χ1) is 13.2.